The first-order chi connectivity index (χ1) is 56.8. The fourth-order valence-electron chi connectivity index (χ4n) is 13.6. The number of hydrogen-bond donors (Lipinski definition) is 4. The van der Waals surface area contributed by atoms with Gasteiger partial charge in [-0.1, -0.05) is 88.4 Å². The van der Waals surface area contributed by atoms with E-state index in [1.165, 1.54) is 60.9 Å². The van der Waals surface area contributed by atoms with Crippen molar-refractivity contribution in [2.24, 2.45) is 29.6 Å². The van der Waals surface area contributed by atoms with Crippen molar-refractivity contribution >= 4 is 132 Å². The van der Waals surface area contributed by atoms with E-state index >= 15 is 0 Å². The summed E-state index contributed by atoms with van der Waals surface area (Å²) in [7, 11) is -11.3. The van der Waals surface area contributed by atoms with Crippen molar-refractivity contribution in [3.05, 3.63) is 169 Å². The maximum Gasteiger partial charge on any atom is 0.407 e. The molecule has 0 aliphatic carbocycles. The molecule has 10 rings (SSSR count). The summed E-state index contributed by atoms with van der Waals surface area (Å²) in [4.78, 5) is 53.5. The summed E-state index contributed by atoms with van der Waals surface area (Å²) in [5.41, 5.74) is 2.42. The number of ether oxygens (including phenoxy) is 10. The quantitative estimate of drug-likeness (QED) is 0.0120. The Kier molecular flexibility index (Phi) is 41.3. The fraction of sp³-hybridized carbons (Fsp3) is 0.512. The number of alkyl carbamates (subject to hydrolysis) is 1. The van der Waals surface area contributed by atoms with Gasteiger partial charge in [0.05, 0.1) is 112 Å². The minimum atomic E-state index is -4.08. The Bertz CT molecular complexity index is 4490. The van der Waals surface area contributed by atoms with Crippen molar-refractivity contribution in [3.63, 3.8) is 0 Å². The Morgan fingerprint density at radius 1 is 0.542 bits per heavy atom. The van der Waals surface area contributed by atoms with Crippen molar-refractivity contribution in [1.29, 1.82) is 0 Å². The van der Waals surface area contributed by atoms with Gasteiger partial charge in [-0.3, -0.25) is 13.8 Å². The Morgan fingerprint density at radius 3 is 1.38 bits per heavy atom. The summed E-state index contributed by atoms with van der Waals surface area (Å²) < 4.78 is 164. The van der Waals surface area contributed by atoms with E-state index in [0.29, 0.717) is 71.6 Å². The molecule has 0 radical (unpaired) electrons. The SMILES string of the molecule is CCOC(=O)[C@H](C)OP(=O)(Cc1ccc(N(C)C[C@H](CC(=O)O[C@H]2CO[C@H]3OCC[C@H]32)[C@H](O)CN(CC(C)C)S(=O)(=O)c2ccc(OC)cc2)cc1)Oc1ccccc1.CCOC(=O)[C@H](C)OP(=O)(Cc1ccc(NC[C@H](NC(=O)O[C@H]2CO[C@H]3OCC[C@H]32)[C@H](O)CN(CC(C)C)S(=O)(=O)c2ccc(OC)cc2)cc1)Oc1ccccc1.I.II. The lowest BCUT2D eigenvalue weighted by Gasteiger charge is -2.32. The average Bonchev–Trinajstić information content (AvgIpc) is 1.15. The minimum absolute atomic E-state index is 0. The molecule has 4 N–H and O–H groups in total. The van der Waals surface area contributed by atoms with E-state index in [9.17, 15) is 55.4 Å². The highest BCUT2D eigenvalue weighted by Crippen LogP contribution is 2.54. The molecule has 120 heavy (non-hydrogen) atoms. The standard InChI is InChI=1S/C42H57N2O13PS.C40H54N3O13PS.I2.HI/c1-7-52-41(47)30(4)56-58(48,57-35-11-9-8-10-12-35)28-31-13-15-33(16-14-31)43(5)25-32(23-40(46)55-39-27-54-42-37(39)21-22-53-42)38(45)26-44(24-29(2)3)59(49,50)36-19-17-34(51-6)18-20-36;1-6-51-38(45)28(4)55-57(47,56-32-10-8-7-9-11-32)26-29-12-14-30(15-13-29)41-22-35(42-40(46)54-37-25-53-39-34(37)20-21-52-39)36(44)24-43(23-27(2)3)58(48,49)33-18-16-31(50-5)17-19-33;1-2;/h8-20,29-30,32,37-39,42,45H,7,21-28H2,1-6H3;7-19,27-28,34-37,39,41,44H,6,20-26H2,1-5H3,(H,42,46);;1H/t30-,32-,37-,38+,39-,42+,58?;28-,34-,35-,36+,37-,39+,57?;;/m00../s1. The van der Waals surface area contributed by atoms with Crippen molar-refractivity contribution in [2.75, 3.05) is 110 Å². The predicted octanol–water partition coefficient (Wildman–Crippen LogP) is 13.7. The van der Waals surface area contributed by atoms with E-state index in [-0.39, 0.29) is 142 Å². The smallest absolute Gasteiger partial charge is 0.407 e. The molecular formula is C82H112I3N5O26P2S2. The number of hydrogen-bond acceptors (Lipinski definition) is 28. The molecular weight excluding hydrogens is 1980 g/mol. The Balaban J connectivity index is 0.000000321. The molecule has 6 aromatic carbocycles. The van der Waals surface area contributed by atoms with Gasteiger partial charge in [0.2, 0.25) is 20.0 Å². The average molecular weight is 2090 g/mol. The van der Waals surface area contributed by atoms with Gasteiger partial charge in [0.25, 0.3) is 0 Å². The summed E-state index contributed by atoms with van der Waals surface area (Å²) in [6.07, 6.45) is -6.85. The zero-order chi connectivity index (χ0) is 86.6. The number of carbonyl (C=O) groups is 4. The largest absolute Gasteiger partial charge is 0.497 e. The van der Waals surface area contributed by atoms with Crippen LogP contribution in [0.15, 0.2) is 168 Å². The molecule has 14 atom stereocenters. The number of nitrogens with one attached hydrogen (secondary N) is 2. The summed E-state index contributed by atoms with van der Waals surface area (Å²) in [6, 6.07) is 41.9. The van der Waals surface area contributed by atoms with Gasteiger partial charge in [0.1, 0.15) is 35.2 Å². The minimum Gasteiger partial charge on any atom is -0.497 e. The summed E-state index contributed by atoms with van der Waals surface area (Å²) >= 11 is 4.24. The van der Waals surface area contributed by atoms with Crippen LogP contribution in [-0.4, -0.2) is 215 Å². The number of amides is 1. The second-order valence-electron chi connectivity index (χ2n) is 29.6. The first-order valence-corrected chi connectivity index (χ1v) is 51.8. The van der Waals surface area contributed by atoms with Crippen molar-refractivity contribution in [3.8, 4) is 23.0 Å². The van der Waals surface area contributed by atoms with Gasteiger partial charge in [-0.2, -0.15) is 8.61 Å². The lowest BCUT2D eigenvalue weighted by atomic mass is 9.96. The number of carbonyl (C=O) groups excluding carboxylic acids is 4. The van der Waals surface area contributed by atoms with Gasteiger partial charge < -0.3 is 82.2 Å². The molecule has 2 unspecified atom stereocenters. The van der Waals surface area contributed by atoms with E-state index in [0.717, 1.165) is 0 Å². The van der Waals surface area contributed by atoms with Gasteiger partial charge in [-0.15, -0.1) is 24.0 Å². The molecule has 664 valence electrons. The molecule has 0 aromatic heterocycles. The lowest BCUT2D eigenvalue weighted by molar-refractivity contribution is -0.153. The zero-order valence-electron chi connectivity index (χ0n) is 69.0. The molecule has 0 saturated carbocycles. The number of anilines is 2. The van der Waals surface area contributed by atoms with Gasteiger partial charge in [0.15, 0.2) is 24.8 Å². The number of fused-ring (bicyclic) bond motifs is 2. The summed E-state index contributed by atoms with van der Waals surface area (Å²) in [5, 5.41) is 29.5. The highest BCUT2D eigenvalue weighted by molar-refractivity contribution is 15.0. The topological polar surface area (TPSA) is 374 Å². The number of esters is 3. The number of sulfonamides is 2. The molecule has 4 saturated heterocycles. The van der Waals surface area contributed by atoms with E-state index in [1.807, 2.05) is 32.6 Å². The monoisotopic (exact) mass is 2090 g/mol. The predicted molar refractivity (Wildman–Crippen MR) is 477 cm³/mol. The van der Waals surface area contributed by atoms with Crippen molar-refractivity contribution < 1.29 is 121 Å². The second kappa shape index (κ2) is 49.0. The third-order valence-corrected chi connectivity index (χ3v) is 27.0. The molecule has 4 aliphatic rings. The van der Waals surface area contributed by atoms with Gasteiger partial charge in [-0.25, -0.2) is 40.3 Å². The van der Waals surface area contributed by atoms with Crippen molar-refractivity contribution in [2.45, 2.75) is 152 Å². The number of halogens is 3. The Labute approximate surface area is 744 Å². The molecule has 4 fully saturated rings. The van der Waals surface area contributed by atoms with Gasteiger partial charge >= 0.3 is 39.2 Å². The first kappa shape index (κ1) is 101. The summed E-state index contributed by atoms with van der Waals surface area (Å²) in [5.74, 6) is -1.41. The molecule has 6 aromatic rings. The number of methoxy groups -OCH3 is 2. The molecule has 4 aliphatic heterocycles. The number of benzene rings is 6. The van der Waals surface area contributed by atoms with Gasteiger partial charge in [0, 0.05) is 101 Å². The third-order valence-electron chi connectivity index (χ3n) is 19.5. The molecule has 38 heteroatoms. The number of rotatable bonds is 43. The molecule has 1 amide bonds. The lowest BCUT2D eigenvalue weighted by Crippen LogP contribution is -2.53. The van der Waals surface area contributed by atoms with Crippen LogP contribution < -0.4 is 34.1 Å². The Morgan fingerprint density at radius 2 is 0.958 bits per heavy atom. The fourth-order valence-corrected chi connectivity index (χ4v) is 20.5. The van der Waals surface area contributed by atoms with Crippen LogP contribution in [0.4, 0.5) is 16.2 Å². The van der Waals surface area contributed by atoms with Crippen LogP contribution in [0.5, 0.6) is 23.0 Å². The van der Waals surface area contributed by atoms with Gasteiger partial charge in [-0.05, 0) is 161 Å². The number of aliphatic hydroxyl groups is 2. The molecule has 0 spiro atoms. The van der Waals surface area contributed by atoms with Crippen LogP contribution in [-0.2, 0) is 103 Å². The maximum absolute atomic E-state index is 14.1. The van der Waals surface area contributed by atoms with Crippen LogP contribution in [0.3, 0.4) is 0 Å². The van der Waals surface area contributed by atoms with E-state index in [4.69, 9.17) is 65.5 Å². The third kappa shape index (κ3) is 30.4. The first-order valence-electron chi connectivity index (χ1n) is 39.2. The molecule has 0 bridgehead atoms. The van der Waals surface area contributed by atoms with Crippen LogP contribution in [0.25, 0.3) is 0 Å². The maximum atomic E-state index is 14.1. The van der Waals surface area contributed by atoms with Crippen LogP contribution in [0, 0.1) is 29.6 Å². The zero-order valence-corrected chi connectivity index (χ0v) is 79.1. The molecule has 31 nitrogen and oxygen atoms in total. The molecule has 4 heterocycles. The van der Waals surface area contributed by atoms with Crippen LogP contribution in [0.2, 0.25) is 0 Å². The van der Waals surface area contributed by atoms with Crippen LogP contribution >= 0.6 is 76.4 Å². The second-order valence-corrected chi connectivity index (χ2v) is 37.4. The number of aliphatic hydroxyl groups excluding tert-OH is 2. The normalized spacial score (nSPS) is 19.9. The van der Waals surface area contributed by atoms with E-state index < -0.39 is 120 Å². The van der Waals surface area contributed by atoms with E-state index in [1.54, 1.807) is 154 Å². The van der Waals surface area contributed by atoms with E-state index in [2.05, 4.69) is 47.9 Å². The highest BCUT2D eigenvalue weighted by atomic mass is 128. The summed E-state index contributed by atoms with van der Waals surface area (Å²) in [6.45, 7) is 15.1. The number of nitrogens with zero attached hydrogens (tertiary/aromatic N) is 3. The number of para-hydroxylation sites is 2. The Hall–Kier alpha value is -6.05. The van der Waals surface area contributed by atoms with Crippen LogP contribution in [0.1, 0.15) is 85.8 Å². The van der Waals surface area contributed by atoms with Crippen molar-refractivity contribution in [1.82, 2.24) is 13.9 Å². The highest BCUT2D eigenvalue weighted by Gasteiger charge is 2.46.